The summed E-state index contributed by atoms with van der Waals surface area (Å²) in [5.74, 6) is 2.71. The number of anilines is 3. The maximum Gasteiger partial charge on any atom is 0.227 e. The molecule has 0 radical (unpaired) electrons. The van der Waals surface area contributed by atoms with E-state index in [0.717, 1.165) is 55.0 Å². The van der Waals surface area contributed by atoms with Crippen molar-refractivity contribution in [3.05, 3.63) is 36.4 Å². The number of aryl methyl sites for hydroxylation is 1. The van der Waals surface area contributed by atoms with E-state index in [1.165, 1.54) is 0 Å². The number of hydrogen-bond acceptors (Lipinski definition) is 7. The highest BCUT2D eigenvalue weighted by molar-refractivity contribution is 5.69. The maximum absolute atomic E-state index is 4.64. The third-order valence-corrected chi connectivity index (χ3v) is 4.44. The molecule has 0 saturated carbocycles. The fourth-order valence-electron chi connectivity index (χ4n) is 3.13. The lowest BCUT2D eigenvalue weighted by atomic mass is 10.3. The second-order valence-electron chi connectivity index (χ2n) is 6.45. The average molecular weight is 338 g/mol. The van der Waals surface area contributed by atoms with Crippen LogP contribution in [-0.2, 0) is 0 Å². The Balaban J connectivity index is 1.52. The van der Waals surface area contributed by atoms with Gasteiger partial charge in [0.25, 0.3) is 0 Å². The van der Waals surface area contributed by atoms with Crippen LogP contribution >= 0.6 is 0 Å². The quantitative estimate of drug-likeness (QED) is 0.711. The maximum atomic E-state index is 4.64. The number of aromatic nitrogens is 5. The molecule has 8 heteroatoms. The Morgan fingerprint density at radius 1 is 1.00 bits per heavy atom. The monoisotopic (exact) mass is 338 g/mol. The molecule has 8 nitrogen and oxygen atoms in total. The van der Waals surface area contributed by atoms with Gasteiger partial charge in [0, 0.05) is 58.9 Å². The zero-order chi connectivity index (χ0) is 17.4. The summed E-state index contributed by atoms with van der Waals surface area (Å²) >= 11 is 0. The molecule has 0 atom stereocenters. The molecule has 4 heterocycles. The van der Waals surface area contributed by atoms with E-state index >= 15 is 0 Å². The molecular weight excluding hydrogens is 316 g/mol. The summed E-state index contributed by atoms with van der Waals surface area (Å²) in [4.78, 5) is 20.2. The third-order valence-electron chi connectivity index (χ3n) is 4.44. The molecule has 0 aromatic carbocycles. The van der Waals surface area contributed by atoms with Gasteiger partial charge in [-0.15, -0.1) is 0 Å². The topological polar surface area (TPSA) is 65.7 Å². The van der Waals surface area contributed by atoms with Gasteiger partial charge in [-0.3, -0.25) is 0 Å². The van der Waals surface area contributed by atoms with Crippen LogP contribution in [0, 0.1) is 6.92 Å². The van der Waals surface area contributed by atoms with Gasteiger partial charge < -0.3 is 14.7 Å². The van der Waals surface area contributed by atoms with Gasteiger partial charge in [-0.2, -0.15) is 10.1 Å². The minimum Gasteiger partial charge on any atom is -0.363 e. The Morgan fingerprint density at radius 2 is 1.76 bits per heavy atom. The molecule has 0 bridgehead atoms. The van der Waals surface area contributed by atoms with Crippen LogP contribution in [0.15, 0.2) is 30.7 Å². The summed E-state index contributed by atoms with van der Waals surface area (Å²) < 4.78 is 1.90. The summed E-state index contributed by atoms with van der Waals surface area (Å²) in [6.07, 6.45) is 5.52. The highest BCUT2D eigenvalue weighted by Crippen LogP contribution is 2.22. The fourth-order valence-corrected chi connectivity index (χ4v) is 3.13. The van der Waals surface area contributed by atoms with E-state index in [9.17, 15) is 0 Å². The first-order chi connectivity index (χ1) is 12.1. The first-order valence-corrected chi connectivity index (χ1v) is 8.43. The first kappa shape index (κ1) is 15.6. The van der Waals surface area contributed by atoms with Crippen LogP contribution in [-0.4, -0.2) is 64.8 Å². The number of fused-ring (bicyclic) bond motifs is 1. The minimum absolute atomic E-state index is 0.789. The van der Waals surface area contributed by atoms with Crippen molar-refractivity contribution in [3.63, 3.8) is 0 Å². The van der Waals surface area contributed by atoms with E-state index in [-0.39, 0.29) is 0 Å². The van der Waals surface area contributed by atoms with Crippen molar-refractivity contribution in [2.75, 3.05) is 55.0 Å². The van der Waals surface area contributed by atoms with Gasteiger partial charge in [-0.25, -0.2) is 14.5 Å². The molecule has 1 aliphatic heterocycles. The molecule has 3 aromatic rings. The highest BCUT2D eigenvalue weighted by atomic mass is 15.4. The normalized spacial score (nSPS) is 15.0. The average Bonchev–Trinajstić information content (AvgIpc) is 3.02. The lowest BCUT2D eigenvalue weighted by molar-refractivity contribution is 0.634. The fraction of sp³-hybridized carbons (Fsp3) is 0.412. The molecule has 25 heavy (non-hydrogen) atoms. The molecule has 0 aliphatic carbocycles. The lowest BCUT2D eigenvalue weighted by Crippen LogP contribution is -2.47. The smallest absolute Gasteiger partial charge is 0.227 e. The van der Waals surface area contributed by atoms with Crippen LogP contribution in [0.3, 0.4) is 0 Å². The summed E-state index contributed by atoms with van der Waals surface area (Å²) in [5, 5.41) is 4.47. The van der Waals surface area contributed by atoms with Crippen molar-refractivity contribution in [1.82, 2.24) is 24.6 Å². The molecule has 4 rings (SSSR count). The minimum atomic E-state index is 0.789. The second kappa shape index (κ2) is 6.19. The van der Waals surface area contributed by atoms with Crippen LogP contribution < -0.4 is 14.7 Å². The molecule has 3 aromatic heterocycles. The van der Waals surface area contributed by atoms with Gasteiger partial charge in [0.15, 0.2) is 5.82 Å². The number of nitrogens with zero attached hydrogens (tertiary/aromatic N) is 8. The van der Waals surface area contributed by atoms with E-state index < -0.39 is 0 Å². The van der Waals surface area contributed by atoms with Gasteiger partial charge in [-0.1, -0.05) is 0 Å². The van der Waals surface area contributed by atoms with Crippen molar-refractivity contribution >= 4 is 23.1 Å². The summed E-state index contributed by atoms with van der Waals surface area (Å²) in [7, 11) is 3.98. The highest BCUT2D eigenvalue weighted by Gasteiger charge is 2.22. The Kier molecular flexibility index (Phi) is 3.87. The molecule has 130 valence electrons. The predicted molar refractivity (Wildman–Crippen MR) is 98.5 cm³/mol. The molecule has 1 aliphatic rings. The standard InChI is InChI=1S/C17H22N8/c1-13-12-14-16(18-6-7-25(14)21-13)23-8-10-24(11-9-23)17-19-5-4-15(20-17)22(2)3/h4-7,12H,8-11H2,1-3H3. The largest absolute Gasteiger partial charge is 0.363 e. The van der Waals surface area contributed by atoms with Gasteiger partial charge in [0.05, 0.1) is 5.69 Å². The molecule has 0 unspecified atom stereocenters. The van der Waals surface area contributed by atoms with Crippen LogP contribution in [0.5, 0.6) is 0 Å². The van der Waals surface area contributed by atoms with E-state index in [1.54, 1.807) is 0 Å². The summed E-state index contributed by atoms with van der Waals surface area (Å²) in [5.41, 5.74) is 2.06. The zero-order valence-electron chi connectivity index (χ0n) is 14.8. The molecule has 1 saturated heterocycles. The van der Waals surface area contributed by atoms with Gasteiger partial charge in [0.2, 0.25) is 5.95 Å². The summed E-state index contributed by atoms with van der Waals surface area (Å²) in [6.45, 7) is 5.50. The van der Waals surface area contributed by atoms with E-state index in [1.807, 2.05) is 55.1 Å². The van der Waals surface area contributed by atoms with E-state index in [0.29, 0.717) is 0 Å². The van der Waals surface area contributed by atoms with Crippen molar-refractivity contribution in [2.45, 2.75) is 6.92 Å². The summed E-state index contributed by atoms with van der Waals surface area (Å²) in [6, 6.07) is 4.00. The van der Waals surface area contributed by atoms with Crippen LogP contribution in [0.25, 0.3) is 5.52 Å². The van der Waals surface area contributed by atoms with Crippen molar-refractivity contribution in [2.24, 2.45) is 0 Å². The Labute approximate surface area is 146 Å². The Hall–Kier alpha value is -2.90. The lowest BCUT2D eigenvalue weighted by Gasteiger charge is -2.35. The Morgan fingerprint density at radius 3 is 2.52 bits per heavy atom. The third kappa shape index (κ3) is 2.95. The van der Waals surface area contributed by atoms with Crippen molar-refractivity contribution < 1.29 is 0 Å². The van der Waals surface area contributed by atoms with Gasteiger partial charge in [0.1, 0.15) is 11.3 Å². The molecular formula is C17H22N8. The van der Waals surface area contributed by atoms with Crippen LogP contribution in [0.4, 0.5) is 17.6 Å². The van der Waals surface area contributed by atoms with Crippen molar-refractivity contribution in [3.8, 4) is 0 Å². The van der Waals surface area contributed by atoms with Gasteiger partial charge in [-0.05, 0) is 19.1 Å². The van der Waals surface area contributed by atoms with E-state index in [4.69, 9.17) is 0 Å². The van der Waals surface area contributed by atoms with E-state index in [2.05, 4.69) is 35.9 Å². The predicted octanol–water partition coefficient (Wildman–Crippen LogP) is 1.22. The molecule has 0 spiro atoms. The van der Waals surface area contributed by atoms with Crippen LogP contribution in [0.1, 0.15) is 5.69 Å². The molecule has 1 fully saturated rings. The first-order valence-electron chi connectivity index (χ1n) is 8.43. The number of rotatable bonds is 3. The number of hydrogen-bond donors (Lipinski definition) is 0. The second-order valence-corrected chi connectivity index (χ2v) is 6.45. The Bertz CT molecular complexity index is 879. The van der Waals surface area contributed by atoms with Crippen LogP contribution in [0.2, 0.25) is 0 Å². The zero-order valence-corrected chi connectivity index (χ0v) is 14.8. The molecule has 0 amide bonds. The molecule has 0 N–H and O–H groups in total. The number of piperazine rings is 1. The van der Waals surface area contributed by atoms with Crippen molar-refractivity contribution in [1.29, 1.82) is 0 Å². The SMILES string of the molecule is Cc1cc2c(N3CCN(c4nccc(N(C)C)n4)CC3)nccn2n1. The van der Waals surface area contributed by atoms with Gasteiger partial charge >= 0.3 is 0 Å².